The minimum absolute atomic E-state index is 0.0112. The fraction of sp³-hybridized carbons (Fsp3) is 0.391. The van der Waals surface area contributed by atoms with E-state index in [9.17, 15) is 4.79 Å². The van der Waals surface area contributed by atoms with Gasteiger partial charge >= 0.3 is 0 Å². The number of aliphatic imine (C=N–C) groups is 1. The molecule has 6 heteroatoms. The van der Waals surface area contributed by atoms with Crippen LogP contribution in [0.4, 0.5) is 0 Å². The highest BCUT2D eigenvalue weighted by molar-refractivity contribution is 6.32. The van der Waals surface area contributed by atoms with Crippen molar-refractivity contribution < 1.29 is 19.0 Å². The number of benzene rings is 2. The van der Waals surface area contributed by atoms with Crippen molar-refractivity contribution in [3.05, 3.63) is 64.7 Å². The van der Waals surface area contributed by atoms with Crippen molar-refractivity contribution in [1.82, 2.24) is 0 Å². The van der Waals surface area contributed by atoms with E-state index in [0.29, 0.717) is 30.4 Å². The lowest BCUT2D eigenvalue weighted by Gasteiger charge is -2.42. The molecule has 1 saturated carbocycles. The van der Waals surface area contributed by atoms with Crippen molar-refractivity contribution in [2.45, 2.75) is 50.5 Å². The second kappa shape index (κ2) is 8.17. The molecule has 29 heavy (non-hydrogen) atoms. The van der Waals surface area contributed by atoms with Crippen LogP contribution in [0, 0.1) is 0 Å². The minimum Gasteiger partial charge on any atom is -0.497 e. The standard InChI is InChI=1S/C23H24ClNO4/c1-15(28-14-16-9-11-17(27-2)12-10-16)22-25-23(18-6-3-4-7-19(18)24)13-5-8-20(29-22)21(23)26/h3-4,6-7,9-12,15,20H,5,8,13-14H2,1-2H3/t15?,20-,23-/m1/s1. The van der Waals surface area contributed by atoms with Crippen LogP contribution in [0.25, 0.3) is 0 Å². The molecule has 3 atom stereocenters. The van der Waals surface area contributed by atoms with Crippen LogP contribution in [0.2, 0.25) is 5.02 Å². The maximum atomic E-state index is 13.1. The summed E-state index contributed by atoms with van der Waals surface area (Å²) in [6.07, 6.45) is 1.30. The minimum atomic E-state index is -0.980. The van der Waals surface area contributed by atoms with Crippen molar-refractivity contribution in [2.75, 3.05) is 7.11 Å². The predicted octanol–water partition coefficient (Wildman–Crippen LogP) is 4.70. The first-order valence-corrected chi connectivity index (χ1v) is 10.2. The van der Waals surface area contributed by atoms with Gasteiger partial charge in [0.15, 0.2) is 11.6 Å². The second-order valence-electron chi connectivity index (χ2n) is 7.45. The van der Waals surface area contributed by atoms with E-state index >= 15 is 0 Å². The number of carbonyl (C=O) groups excluding carboxylic acids is 1. The first kappa shape index (κ1) is 19.9. The number of Topliss-reactive ketones (excluding diaryl/α,β-unsaturated/α-hetero) is 1. The van der Waals surface area contributed by atoms with Gasteiger partial charge in [-0.3, -0.25) is 4.79 Å². The SMILES string of the molecule is COc1ccc(COC(C)C2=N[C@@]3(c4ccccc4Cl)CCC[C@@H](O2)C3=O)cc1. The normalized spacial score (nSPS) is 24.4. The summed E-state index contributed by atoms with van der Waals surface area (Å²) in [6.45, 7) is 2.30. The third-order valence-corrected chi connectivity index (χ3v) is 5.92. The van der Waals surface area contributed by atoms with Crippen LogP contribution in [-0.4, -0.2) is 31.0 Å². The Bertz CT molecular complexity index is 927. The second-order valence-corrected chi connectivity index (χ2v) is 7.86. The monoisotopic (exact) mass is 413 g/mol. The summed E-state index contributed by atoms with van der Waals surface area (Å²) < 4.78 is 17.1. The molecular weight excluding hydrogens is 390 g/mol. The number of ether oxygens (including phenoxy) is 3. The van der Waals surface area contributed by atoms with Gasteiger partial charge in [0.05, 0.1) is 13.7 Å². The molecule has 152 valence electrons. The highest BCUT2D eigenvalue weighted by Crippen LogP contribution is 2.44. The fourth-order valence-corrected chi connectivity index (χ4v) is 4.26. The number of ketones is 1. The number of hydrogen-bond donors (Lipinski definition) is 0. The third-order valence-electron chi connectivity index (χ3n) is 5.60. The van der Waals surface area contributed by atoms with E-state index in [0.717, 1.165) is 23.3 Å². The van der Waals surface area contributed by atoms with Gasteiger partial charge in [0.2, 0.25) is 11.7 Å². The van der Waals surface area contributed by atoms with Gasteiger partial charge in [-0.2, -0.15) is 0 Å². The highest BCUT2D eigenvalue weighted by atomic mass is 35.5. The predicted molar refractivity (Wildman–Crippen MR) is 112 cm³/mol. The number of hydrogen-bond acceptors (Lipinski definition) is 5. The van der Waals surface area contributed by atoms with Crippen LogP contribution in [0.1, 0.15) is 37.3 Å². The average molecular weight is 414 g/mol. The number of carbonyl (C=O) groups is 1. The summed E-state index contributed by atoms with van der Waals surface area (Å²) in [5, 5.41) is 0.554. The smallest absolute Gasteiger partial charge is 0.215 e. The average Bonchev–Trinajstić information content (AvgIpc) is 2.73. The Morgan fingerprint density at radius 2 is 2.00 bits per heavy atom. The van der Waals surface area contributed by atoms with Gasteiger partial charge in [0.25, 0.3) is 0 Å². The maximum Gasteiger partial charge on any atom is 0.215 e. The van der Waals surface area contributed by atoms with Crippen LogP contribution < -0.4 is 4.74 Å². The lowest BCUT2D eigenvalue weighted by atomic mass is 9.74. The Labute approximate surface area is 175 Å². The zero-order chi connectivity index (χ0) is 20.4. The van der Waals surface area contributed by atoms with Crippen LogP contribution in [0.15, 0.2) is 53.5 Å². The molecule has 2 aromatic carbocycles. The van der Waals surface area contributed by atoms with Gasteiger partial charge in [-0.1, -0.05) is 41.9 Å². The van der Waals surface area contributed by atoms with Gasteiger partial charge < -0.3 is 14.2 Å². The van der Waals surface area contributed by atoms with Crippen molar-refractivity contribution in [3.8, 4) is 5.75 Å². The molecule has 1 aliphatic carbocycles. The molecule has 2 aliphatic rings. The summed E-state index contributed by atoms with van der Waals surface area (Å²) in [5.74, 6) is 1.25. The summed E-state index contributed by atoms with van der Waals surface area (Å²) in [5.41, 5.74) is 0.790. The number of halogens is 1. The highest BCUT2D eigenvalue weighted by Gasteiger charge is 2.52. The lowest BCUT2D eigenvalue weighted by Crippen LogP contribution is -2.52. The summed E-state index contributed by atoms with van der Waals surface area (Å²) in [6, 6.07) is 15.1. The van der Waals surface area contributed by atoms with E-state index in [1.165, 1.54) is 0 Å². The molecule has 0 saturated heterocycles. The van der Waals surface area contributed by atoms with E-state index in [-0.39, 0.29) is 11.9 Å². The van der Waals surface area contributed by atoms with E-state index in [2.05, 4.69) is 0 Å². The van der Waals surface area contributed by atoms with Crippen molar-refractivity contribution in [3.63, 3.8) is 0 Å². The largest absolute Gasteiger partial charge is 0.497 e. The molecule has 0 spiro atoms. The molecule has 2 aromatic rings. The molecule has 1 aliphatic heterocycles. The zero-order valence-electron chi connectivity index (χ0n) is 16.6. The molecule has 1 heterocycles. The molecule has 1 fully saturated rings. The topological polar surface area (TPSA) is 57.1 Å². The Morgan fingerprint density at radius 3 is 2.72 bits per heavy atom. The summed E-state index contributed by atoms with van der Waals surface area (Å²) in [4.78, 5) is 17.9. The van der Waals surface area contributed by atoms with Gasteiger partial charge in [-0.25, -0.2) is 4.99 Å². The lowest BCUT2D eigenvalue weighted by molar-refractivity contribution is -0.138. The zero-order valence-corrected chi connectivity index (χ0v) is 17.3. The Balaban J connectivity index is 1.58. The first-order chi connectivity index (χ1) is 14.0. The molecule has 0 aromatic heterocycles. The van der Waals surface area contributed by atoms with E-state index in [4.69, 9.17) is 30.8 Å². The third kappa shape index (κ3) is 3.77. The first-order valence-electron chi connectivity index (χ1n) is 9.84. The van der Waals surface area contributed by atoms with Gasteiger partial charge in [0.1, 0.15) is 11.9 Å². The van der Waals surface area contributed by atoms with Gasteiger partial charge in [-0.15, -0.1) is 0 Å². The number of nitrogens with zero attached hydrogens (tertiary/aromatic N) is 1. The molecular formula is C23H24ClNO4. The van der Waals surface area contributed by atoms with Gasteiger partial charge in [0, 0.05) is 10.6 Å². The Kier molecular flexibility index (Phi) is 5.61. The summed E-state index contributed by atoms with van der Waals surface area (Å²) >= 11 is 6.45. The Hall–Kier alpha value is -2.37. The van der Waals surface area contributed by atoms with Crippen LogP contribution in [0.3, 0.4) is 0 Å². The van der Waals surface area contributed by atoms with Crippen molar-refractivity contribution >= 4 is 23.3 Å². The quantitative estimate of drug-likeness (QED) is 0.688. The Morgan fingerprint density at radius 1 is 1.24 bits per heavy atom. The fourth-order valence-electron chi connectivity index (χ4n) is 3.97. The molecule has 4 rings (SSSR count). The van der Waals surface area contributed by atoms with E-state index in [1.807, 2.05) is 49.4 Å². The number of methoxy groups -OCH3 is 1. The molecule has 0 radical (unpaired) electrons. The molecule has 0 N–H and O–H groups in total. The number of rotatable bonds is 6. The molecule has 2 bridgehead atoms. The summed E-state index contributed by atoms with van der Waals surface area (Å²) in [7, 11) is 1.64. The molecule has 0 amide bonds. The van der Waals surface area contributed by atoms with Crippen molar-refractivity contribution in [1.29, 1.82) is 0 Å². The maximum absolute atomic E-state index is 13.1. The van der Waals surface area contributed by atoms with Crippen molar-refractivity contribution in [2.24, 2.45) is 4.99 Å². The van der Waals surface area contributed by atoms with E-state index < -0.39 is 11.6 Å². The van der Waals surface area contributed by atoms with E-state index in [1.54, 1.807) is 13.2 Å². The number of fused-ring (bicyclic) bond motifs is 2. The van der Waals surface area contributed by atoms with Crippen LogP contribution >= 0.6 is 11.6 Å². The molecule has 1 unspecified atom stereocenters. The molecule has 5 nitrogen and oxygen atoms in total. The van der Waals surface area contributed by atoms with Gasteiger partial charge in [-0.05, 0) is 49.9 Å². The van der Waals surface area contributed by atoms with Crippen LogP contribution in [0.5, 0.6) is 5.75 Å². The van der Waals surface area contributed by atoms with Crippen LogP contribution in [-0.2, 0) is 26.4 Å².